The molecule has 0 bridgehead atoms. The van der Waals surface area contributed by atoms with Crippen molar-refractivity contribution in [2.45, 2.75) is 44.8 Å². The molecule has 3 rings (SSSR count). The van der Waals surface area contributed by atoms with Crippen LogP contribution in [-0.2, 0) is 10.3 Å². The first kappa shape index (κ1) is 14.3. The molecule has 21 heavy (non-hydrogen) atoms. The maximum absolute atomic E-state index is 11.9. The first-order chi connectivity index (χ1) is 9.72. The number of carbonyl (C=O) groups excluding carboxylic acids is 1. The fourth-order valence-electron chi connectivity index (χ4n) is 3.47. The van der Waals surface area contributed by atoms with Crippen molar-refractivity contribution in [3.05, 3.63) is 30.1 Å². The Morgan fingerprint density at radius 2 is 2.05 bits per heavy atom. The number of aromatic nitrogens is 1. The zero-order valence-electron chi connectivity index (χ0n) is 12.8. The smallest absolute Gasteiger partial charge is 0.410 e. The van der Waals surface area contributed by atoms with Gasteiger partial charge >= 0.3 is 6.09 Å². The molecule has 1 aliphatic carbocycles. The van der Waals surface area contributed by atoms with E-state index in [2.05, 4.69) is 4.98 Å². The molecule has 0 atom stereocenters. The van der Waals surface area contributed by atoms with Crippen molar-refractivity contribution in [2.24, 2.45) is 5.41 Å². The molecule has 1 aliphatic heterocycles. The van der Waals surface area contributed by atoms with Crippen LogP contribution in [0.4, 0.5) is 4.79 Å². The van der Waals surface area contributed by atoms with Crippen LogP contribution in [-0.4, -0.2) is 39.8 Å². The highest BCUT2D eigenvalue weighted by Gasteiger charge is 2.61. The van der Waals surface area contributed by atoms with Crippen molar-refractivity contribution in [3.63, 3.8) is 0 Å². The van der Waals surface area contributed by atoms with E-state index in [4.69, 9.17) is 4.74 Å². The van der Waals surface area contributed by atoms with Crippen LogP contribution in [0.5, 0.6) is 0 Å². The molecule has 2 aliphatic rings. The number of likely N-dealkylation sites (tertiary alicyclic amines) is 1. The number of nitrogens with zero attached hydrogens (tertiary/aromatic N) is 2. The lowest BCUT2D eigenvalue weighted by atomic mass is 9.53. The predicted octanol–water partition coefficient (Wildman–Crippen LogP) is 2.30. The minimum Gasteiger partial charge on any atom is -0.444 e. The predicted molar refractivity (Wildman–Crippen MR) is 77.6 cm³/mol. The minimum atomic E-state index is -0.783. The Bertz CT molecular complexity index is 536. The quantitative estimate of drug-likeness (QED) is 0.862. The summed E-state index contributed by atoms with van der Waals surface area (Å²) in [5.41, 5.74) is -0.322. The molecule has 5 heteroatoms. The average Bonchev–Trinajstić information content (AvgIpc) is 2.30. The van der Waals surface area contributed by atoms with E-state index in [0.29, 0.717) is 25.9 Å². The Morgan fingerprint density at radius 1 is 1.38 bits per heavy atom. The lowest BCUT2D eigenvalue weighted by molar-refractivity contribution is -0.190. The average molecular weight is 290 g/mol. The minimum absolute atomic E-state index is 0.0570. The van der Waals surface area contributed by atoms with Gasteiger partial charge in [0.15, 0.2) is 0 Å². The Hall–Kier alpha value is -1.62. The molecule has 0 unspecified atom stereocenters. The second-order valence-corrected chi connectivity index (χ2v) is 7.46. The highest BCUT2D eigenvalue weighted by Crippen LogP contribution is 2.58. The molecule has 2 heterocycles. The van der Waals surface area contributed by atoms with Gasteiger partial charge in [-0.2, -0.15) is 0 Å². The van der Waals surface area contributed by atoms with Crippen LogP contribution in [0.1, 0.15) is 39.2 Å². The second kappa shape index (κ2) is 4.44. The third-order valence-electron chi connectivity index (χ3n) is 4.24. The lowest BCUT2D eigenvalue weighted by Crippen LogP contribution is -2.68. The molecule has 1 saturated heterocycles. The Balaban J connectivity index is 1.55. The van der Waals surface area contributed by atoms with E-state index >= 15 is 0 Å². The number of ether oxygens (including phenoxy) is 1. The fraction of sp³-hybridized carbons (Fsp3) is 0.625. The summed E-state index contributed by atoms with van der Waals surface area (Å²) < 4.78 is 5.35. The van der Waals surface area contributed by atoms with Gasteiger partial charge < -0.3 is 14.7 Å². The molecule has 5 nitrogen and oxygen atoms in total. The van der Waals surface area contributed by atoms with E-state index in [0.717, 1.165) is 5.56 Å². The number of hydrogen-bond donors (Lipinski definition) is 1. The molecule has 0 radical (unpaired) electrons. The Labute approximate surface area is 124 Å². The van der Waals surface area contributed by atoms with Gasteiger partial charge in [0, 0.05) is 36.5 Å². The van der Waals surface area contributed by atoms with E-state index in [9.17, 15) is 9.90 Å². The second-order valence-electron chi connectivity index (χ2n) is 7.46. The molecule has 1 spiro atoms. The van der Waals surface area contributed by atoms with E-state index in [1.54, 1.807) is 17.3 Å². The van der Waals surface area contributed by atoms with E-state index in [-0.39, 0.29) is 11.5 Å². The van der Waals surface area contributed by atoms with Gasteiger partial charge in [0.25, 0.3) is 0 Å². The molecule has 1 aromatic heterocycles. The zero-order chi connectivity index (χ0) is 15.3. The normalized spacial score (nSPS) is 22.4. The molecule has 1 N–H and O–H groups in total. The molecule has 1 amide bonds. The molecule has 1 aromatic rings. The first-order valence-corrected chi connectivity index (χ1v) is 7.32. The third kappa shape index (κ3) is 2.62. The summed E-state index contributed by atoms with van der Waals surface area (Å²) >= 11 is 0. The van der Waals surface area contributed by atoms with Gasteiger partial charge in [0.05, 0.1) is 5.60 Å². The number of rotatable bonds is 1. The maximum Gasteiger partial charge on any atom is 0.410 e. The standard InChI is InChI=1S/C16H22N2O3/c1-14(2,3)21-13(19)18-10-15(11-18)8-16(20,9-15)12-5-4-6-17-7-12/h4-7,20H,8-11H2,1-3H3. The Morgan fingerprint density at radius 3 is 2.57 bits per heavy atom. The van der Waals surface area contributed by atoms with Crippen LogP contribution >= 0.6 is 0 Å². The summed E-state index contributed by atoms with van der Waals surface area (Å²) in [5.74, 6) is 0. The van der Waals surface area contributed by atoms with E-state index < -0.39 is 11.2 Å². The van der Waals surface area contributed by atoms with E-state index in [1.807, 2.05) is 32.9 Å². The van der Waals surface area contributed by atoms with Crippen molar-refractivity contribution in [1.29, 1.82) is 0 Å². The van der Waals surface area contributed by atoms with Gasteiger partial charge in [-0.05, 0) is 39.7 Å². The van der Waals surface area contributed by atoms with Crippen LogP contribution in [0, 0.1) is 5.41 Å². The van der Waals surface area contributed by atoms with Crippen molar-refractivity contribution < 1.29 is 14.6 Å². The highest BCUT2D eigenvalue weighted by atomic mass is 16.6. The van der Waals surface area contributed by atoms with Gasteiger partial charge in [-0.15, -0.1) is 0 Å². The van der Waals surface area contributed by atoms with Crippen molar-refractivity contribution in [1.82, 2.24) is 9.88 Å². The summed E-state index contributed by atoms with van der Waals surface area (Å²) in [4.78, 5) is 17.7. The summed E-state index contributed by atoms with van der Waals surface area (Å²) in [6.45, 7) is 6.94. The van der Waals surface area contributed by atoms with Crippen LogP contribution in [0.2, 0.25) is 0 Å². The SMILES string of the molecule is CC(C)(C)OC(=O)N1CC2(C1)CC(O)(c1cccnc1)C2. The summed E-state index contributed by atoms with van der Waals surface area (Å²) in [5, 5.41) is 10.6. The number of carbonyl (C=O) groups is 1. The van der Waals surface area contributed by atoms with Crippen molar-refractivity contribution >= 4 is 6.09 Å². The highest BCUT2D eigenvalue weighted by molar-refractivity contribution is 5.69. The van der Waals surface area contributed by atoms with Crippen LogP contribution in [0.25, 0.3) is 0 Å². The molecular formula is C16H22N2O3. The number of hydrogen-bond acceptors (Lipinski definition) is 4. The molecule has 0 aromatic carbocycles. The Kier molecular flexibility index (Phi) is 3.03. The first-order valence-electron chi connectivity index (χ1n) is 7.32. The molecule has 2 fully saturated rings. The van der Waals surface area contributed by atoms with E-state index in [1.165, 1.54) is 0 Å². The maximum atomic E-state index is 11.9. The number of pyridine rings is 1. The topological polar surface area (TPSA) is 62.7 Å². The van der Waals surface area contributed by atoms with Crippen molar-refractivity contribution in [2.75, 3.05) is 13.1 Å². The van der Waals surface area contributed by atoms with Crippen LogP contribution in [0.15, 0.2) is 24.5 Å². The molecule has 1 saturated carbocycles. The van der Waals surface area contributed by atoms with Gasteiger partial charge in [0.2, 0.25) is 0 Å². The van der Waals surface area contributed by atoms with Crippen molar-refractivity contribution in [3.8, 4) is 0 Å². The fourth-order valence-corrected chi connectivity index (χ4v) is 3.47. The van der Waals surface area contributed by atoms with Gasteiger partial charge in [-0.3, -0.25) is 4.98 Å². The largest absolute Gasteiger partial charge is 0.444 e. The number of amides is 1. The monoisotopic (exact) mass is 290 g/mol. The third-order valence-corrected chi connectivity index (χ3v) is 4.24. The summed E-state index contributed by atoms with van der Waals surface area (Å²) in [7, 11) is 0. The van der Waals surface area contributed by atoms with Gasteiger partial charge in [-0.25, -0.2) is 4.79 Å². The van der Waals surface area contributed by atoms with Crippen LogP contribution < -0.4 is 0 Å². The van der Waals surface area contributed by atoms with Gasteiger partial charge in [0.1, 0.15) is 5.60 Å². The lowest BCUT2D eigenvalue weighted by Gasteiger charge is -2.62. The summed E-state index contributed by atoms with van der Waals surface area (Å²) in [6, 6.07) is 3.75. The molecular weight excluding hydrogens is 268 g/mol. The number of aliphatic hydroxyl groups is 1. The molecule has 114 valence electrons. The van der Waals surface area contributed by atoms with Gasteiger partial charge in [-0.1, -0.05) is 6.07 Å². The summed E-state index contributed by atoms with van der Waals surface area (Å²) in [6.07, 6.45) is 4.53. The zero-order valence-corrected chi connectivity index (χ0v) is 12.8. The van der Waals surface area contributed by atoms with Crippen LogP contribution in [0.3, 0.4) is 0 Å².